The van der Waals surface area contributed by atoms with E-state index in [-0.39, 0.29) is 30.1 Å². The molecule has 196 valence electrons. The molecule has 1 aliphatic rings. The van der Waals surface area contributed by atoms with Gasteiger partial charge in [-0.2, -0.15) is 0 Å². The molecule has 0 radical (unpaired) electrons. The first-order valence-electron chi connectivity index (χ1n) is 12.3. The number of methoxy groups -OCH3 is 2. The van der Waals surface area contributed by atoms with Crippen molar-refractivity contribution >= 4 is 23.2 Å². The molecule has 4 rings (SSSR count). The normalized spacial score (nSPS) is 21.7. The highest BCUT2D eigenvalue weighted by molar-refractivity contribution is 7.09. The van der Waals surface area contributed by atoms with Gasteiger partial charge in [0.15, 0.2) is 0 Å². The van der Waals surface area contributed by atoms with Crippen molar-refractivity contribution < 1.29 is 24.2 Å². The fourth-order valence-corrected chi connectivity index (χ4v) is 6.26. The van der Waals surface area contributed by atoms with E-state index in [0.717, 1.165) is 11.1 Å². The Kier molecular flexibility index (Phi) is 7.71. The number of carboxylic acids is 1. The lowest BCUT2D eigenvalue weighted by molar-refractivity contribution is -0.149. The van der Waals surface area contributed by atoms with Gasteiger partial charge in [-0.3, -0.25) is 4.79 Å². The summed E-state index contributed by atoms with van der Waals surface area (Å²) in [5, 5.41) is 13.3. The average molecular weight is 523 g/mol. The van der Waals surface area contributed by atoms with E-state index in [1.165, 1.54) is 11.3 Å². The van der Waals surface area contributed by atoms with Crippen LogP contribution in [0.2, 0.25) is 0 Å². The van der Waals surface area contributed by atoms with Gasteiger partial charge in [0.25, 0.3) is 5.91 Å². The smallest absolute Gasteiger partial charge is 0.330 e. The lowest BCUT2D eigenvalue weighted by Gasteiger charge is -2.38. The van der Waals surface area contributed by atoms with Crippen molar-refractivity contribution in [3.05, 3.63) is 81.8 Å². The number of aromatic nitrogens is 1. The molecule has 37 heavy (non-hydrogen) atoms. The summed E-state index contributed by atoms with van der Waals surface area (Å²) in [4.78, 5) is 33.6. The lowest BCUT2D eigenvalue weighted by atomic mass is 9.84. The Labute approximate surface area is 222 Å². The second-order valence-electron chi connectivity index (χ2n) is 10.6. The van der Waals surface area contributed by atoms with Crippen molar-refractivity contribution in [2.24, 2.45) is 5.92 Å². The Morgan fingerprint density at radius 3 is 2.46 bits per heavy atom. The molecule has 1 aromatic heterocycles. The molecule has 8 heteroatoms. The summed E-state index contributed by atoms with van der Waals surface area (Å²) in [6.07, 6.45) is 2.11. The Bertz CT molecular complexity index is 1240. The third-order valence-corrected chi connectivity index (χ3v) is 7.93. The SMILES string of the molecule is COCC1C[C@@](Cc2ccccc2)(C(=O)O)N(C(=O)c2ccc(C(C)(C)C)c(OC)c2)C1c1nccs1. The van der Waals surface area contributed by atoms with E-state index in [2.05, 4.69) is 25.8 Å². The molecule has 1 aliphatic heterocycles. The molecule has 1 saturated heterocycles. The van der Waals surface area contributed by atoms with E-state index in [9.17, 15) is 14.7 Å². The third kappa shape index (κ3) is 5.13. The van der Waals surface area contributed by atoms with Gasteiger partial charge in [-0.05, 0) is 35.1 Å². The lowest BCUT2D eigenvalue weighted by Crippen LogP contribution is -2.55. The van der Waals surface area contributed by atoms with Gasteiger partial charge in [0, 0.05) is 36.6 Å². The molecule has 7 nitrogen and oxygen atoms in total. The van der Waals surface area contributed by atoms with E-state index in [1.807, 2.05) is 41.8 Å². The standard InChI is InChI=1S/C29H34N2O5S/c1-28(2,3)22-12-11-20(15-23(22)36-5)26(32)31-24(25-30-13-14-37-25)21(18-35-4)17-29(31,27(33)34)16-19-9-7-6-8-10-19/h6-15,21,24H,16-18H2,1-5H3,(H,33,34)/t21?,24?,29-/m0/s1. The van der Waals surface area contributed by atoms with E-state index < -0.39 is 17.6 Å². The van der Waals surface area contributed by atoms with Crippen molar-refractivity contribution in [3.8, 4) is 5.75 Å². The topological polar surface area (TPSA) is 89.0 Å². The Balaban J connectivity index is 1.89. The van der Waals surface area contributed by atoms with Gasteiger partial charge < -0.3 is 19.5 Å². The molecule has 1 amide bonds. The molecule has 0 spiro atoms. The van der Waals surface area contributed by atoms with Gasteiger partial charge in [0.1, 0.15) is 16.3 Å². The number of hydrogen-bond acceptors (Lipinski definition) is 6. The van der Waals surface area contributed by atoms with Crippen LogP contribution in [0.3, 0.4) is 0 Å². The number of amides is 1. The Morgan fingerprint density at radius 1 is 1.16 bits per heavy atom. The van der Waals surface area contributed by atoms with E-state index >= 15 is 0 Å². The van der Waals surface area contributed by atoms with Crippen LogP contribution < -0.4 is 4.74 Å². The van der Waals surface area contributed by atoms with Crippen molar-refractivity contribution in [2.75, 3.05) is 20.8 Å². The number of aliphatic carboxylic acids is 1. The fraction of sp³-hybridized carbons (Fsp3) is 0.414. The van der Waals surface area contributed by atoms with Crippen LogP contribution in [0.25, 0.3) is 0 Å². The zero-order chi connectivity index (χ0) is 26.8. The molecule has 3 atom stereocenters. The quantitative estimate of drug-likeness (QED) is 0.428. The summed E-state index contributed by atoms with van der Waals surface area (Å²) >= 11 is 1.42. The maximum atomic E-state index is 14.4. The minimum Gasteiger partial charge on any atom is -0.496 e. The molecule has 3 aromatic rings. The predicted octanol–water partition coefficient (Wildman–Crippen LogP) is 5.37. The number of nitrogens with zero attached hydrogens (tertiary/aromatic N) is 2. The number of carbonyl (C=O) groups is 2. The minimum atomic E-state index is -1.48. The highest BCUT2D eigenvalue weighted by atomic mass is 32.1. The largest absolute Gasteiger partial charge is 0.496 e. The van der Waals surface area contributed by atoms with Crippen LogP contribution in [0.1, 0.15) is 59.7 Å². The first-order valence-corrected chi connectivity index (χ1v) is 13.2. The molecule has 2 heterocycles. The molecule has 1 N–H and O–H groups in total. The van der Waals surface area contributed by atoms with Crippen LogP contribution in [0.5, 0.6) is 5.75 Å². The van der Waals surface area contributed by atoms with Crippen LogP contribution >= 0.6 is 11.3 Å². The van der Waals surface area contributed by atoms with Gasteiger partial charge in [-0.15, -0.1) is 11.3 Å². The summed E-state index contributed by atoms with van der Waals surface area (Å²) in [6.45, 7) is 6.55. The molecule has 1 fully saturated rings. The van der Waals surface area contributed by atoms with E-state index in [4.69, 9.17) is 9.47 Å². The highest BCUT2D eigenvalue weighted by Gasteiger charge is 2.59. The van der Waals surface area contributed by atoms with Crippen molar-refractivity contribution in [3.63, 3.8) is 0 Å². The highest BCUT2D eigenvalue weighted by Crippen LogP contribution is 2.50. The number of carboxylic acid groups (broad SMARTS) is 1. The predicted molar refractivity (Wildman–Crippen MR) is 143 cm³/mol. The number of rotatable bonds is 8. The molecule has 0 bridgehead atoms. The third-order valence-electron chi connectivity index (χ3n) is 7.08. The second kappa shape index (κ2) is 10.6. The summed E-state index contributed by atoms with van der Waals surface area (Å²) in [5.74, 6) is -1.05. The Hall–Kier alpha value is -3.23. The van der Waals surface area contributed by atoms with Crippen molar-refractivity contribution in [1.82, 2.24) is 9.88 Å². The molecule has 2 unspecified atom stereocenters. The maximum absolute atomic E-state index is 14.4. The number of carbonyl (C=O) groups excluding carboxylic acids is 1. The number of hydrogen-bond donors (Lipinski definition) is 1. The fourth-order valence-electron chi connectivity index (χ4n) is 5.44. The van der Waals surface area contributed by atoms with Gasteiger partial charge in [0.05, 0.1) is 19.8 Å². The van der Waals surface area contributed by atoms with Gasteiger partial charge in [-0.1, -0.05) is 57.2 Å². The monoisotopic (exact) mass is 522 g/mol. The minimum absolute atomic E-state index is 0.175. The molecular weight excluding hydrogens is 488 g/mol. The number of thiazole rings is 1. The van der Waals surface area contributed by atoms with Crippen LogP contribution in [-0.2, 0) is 21.4 Å². The van der Waals surface area contributed by atoms with Crippen LogP contribution in [0.4, 0.5) is 0 Å². The van der Waals surface area contributed by atoms with Crippen molar-refractivity contribution in [1.29, 1.82) is 0 Å². The van der Waals surface area contributed by atoms with Gasteiger partial charge >= 0.3 is 5.97 Å². The van der Waals surface area contributed by atoms with Gasteiger partial charge in [-0.25, -0.2) is 9.78 Å². The van der Waals surface area contributed by atoms with Gasteiger partial charge in [0.2, 0.25) is 0 Å². The number of benzene rings is 2. The van der Waals surface area contributed by atoms with E-state index in [0.29, 0.717) is 22.9 Å². The van der Waals surface area contributed by atoms with E-state index in [1.54, 1.807) is 37.4 Å². The van der Waals surface area contributed by atoms with Crippen LogP contribution in [0.15, 0.2) is 60.1 Å². The zero-order valence-corrected chi connectivity index (χ0v) is 22.7. The van der Waals surface area contributed by atoms with Crippen molar-refractivity contribution in [2.45, 2.75) is 50.6 Å². The summed E-state index contributed by atoms with van der Waals surface area (Å²) in [6, 6.07) is 14.3. The Morgan fingerprint density at radius 2 is 1.89 bits per heavy atom. The zero-order valence-electron chi connectivity index (χ0n) is 21.9. The number of likely N-dealkylation sites (tertiary alicyclic amines) is 1. The second-order valence-corrected chi connectivity index (χ2v) is 11.5. The summed E-state index contributed by atoms with van der Waals surface area (Å²) in [7, 11) is 3.18. The molecule has 0 aliphatic carbocycles. The first kappa shape index (κ1) is 26.8. The molecule has 0 saturated carbocycles. The summed E-state index contributed by atoms with van der Waals surface area (Å²) in [5.41, 5.74) is 0.525. The maximum Gasteiger partial charge on any atom is 0.330 e. The number of ether oxygens (including phenoxy) is 2. The van der Waals surface area contributed by atoms with Crippen LogP contribution in [0, 0.1) is 5.92 Å². The summed E-state index contributed by atoms with van der Waals surface area (Å²) < 4.78 is 11.2. The molecule has 2 aromatic carbocycles. The van der Waals surface area contributed by atoms with Crippen LogP contribution in [-0.4, -0.2) is 53.2 Å². The molecular formula is C29H34N2O5S. The average Bonchev–Trinajstić information content (AvgIpc) is 3.50. The first-order chi connectivity index (χ1) is 17.6.